The number of benzene rings is 1. The maximum absolute atomic E-state index is 12.3. The first kappa shape index (κ1) is 19.4. The van der Waals surface area contributed by atoms with E-state index in [1.165, 1.54) is 18.4 Å². The molecule has 8 nitrogen and oxygen atoms in total. The van der Waals surface area contributed by atoms with Crippen LogP contribution in [0.15, 0.2) is 23.1 Å². The van der Waals surface area contributed by atoms with E-state index in [1.807, 2.05) is 23.4 Å². The quantitative estimate of drug-likeness (QED) is 0.769. The van der Waals surface area contributed by atoms with Crippen molar-refractivity contribution in [2.45, 2.75) is 24.9 Å². The van der Waals surface area contributed by atoms with Crippen LogP contribution in [-0.2, 0) is 27.9 Å². The lowest BCUT2D eigenvalue weighted by Crippen LogP contribution is -2.33. The van der Waals surface area contributed by atoms with Crippen LogP contribution in [0.1, 0.15) is 12.7 Å². The number of amides is 1. The summed E-state index contributed by atoms with van der Waals surface area (Å²) >= 11 is 0. The van der Waals surface area contributed by atoms with Crippen molar-refractivity contribution in [1.29, 1.82) is 0 Å². The van der Waals surface area contributed by atoms with E-state index in [2.05, 4.69) is 10.3 Å². The van der Waals surface area contributed by atoms with E-state index in [9.17, 15) is 13.2 Å². The number of nitrogens with zero attached hydrogens (tertiary/aromatic N) is 4. The molecule has 0 fully saturated rings. The van der Waals surface area contributed by atoms with Gasteiger partial charge in [0.2, 0.25) is 15.9 Å². The molecule has 0 aliphatic heterocycles. The first-order valence-corrected chi connectivity index (χ1v) is 9.45. The van der Waals surface area contributed by atoms with Crippen LogP contribution in [0.4, 0.5) is 0 Å². The molecule has 0 saturated heterocycles. The number of hydrogen-bond donors (Lipinski definition) is 1. The molecule has 2 aromatic rings. The molecule has 0 atom stereocenters. The highest BCUT2D eigenvalue weighted by molar-refractivity contribution is 7.89. The second-order valence-electron chi connectivity index (χ2n) is 6.06. The van der Waals surface area contributed by atoms with Crippen LogP contribution in [0, 0.1) is 0 Å². The lowest BCUT2D eigenvalue weighted by molar-refractivity contribution is -0.121. The van der Waals surface area contributed by atoms with Crippen LogP contribution >= 0.6 is 0 Å². The molecule has 0 aliphatic rings. The summed E-state index contributed by atoms with van der Waals surface area (Å²) in [5, 5.41) is 2.59. The van der Waals surface area contributed by atoms with Crippen LogP contribution in [0.5, 0.6) is 0 Å². The predicted molar refractivity (Wildman–Crippen MR) is 96.7 cm³/mol. The van der Waals surface area contributed by atoms with Gasteiger partial charge in [0, 0.05) is 27.7 Å². The number of fused-ring (bicyclic) bond motifs is 1. The molecule has 1 N–H and O–H groups in total. The standard InChI is InChI=1S/C16H25N5O3S/c1-6-21-14-8-7-12(25(23,24)19(3)4)9-13(14)18-15(21)10-20(5)11-16(22)17-2/h7-9H,6,10-11H2,1-5H3,(H,17,22). The van der Waals surface area contributed by atoms with Crippen molar-refractivity contribution in [2.75, 3.05) is 34.7 Å². The fraction of sp³-hybridized carbons (Fsp3) is 0.500. The van der Waals surface area contributed by atoms with Gasteiger partial charge >= 0.3 is 0 Å². The fourth-order valence-corrected chi connectivity index (χ4v) is 3.55. The van der Waals surface area contributed by atoms with E-state index in [1.54, 1.807) is 25.2 Å². The van der Waals surface area contributed by atoms with E-state index in [0.717, 1.165) is 11.3 Å². The molecule has 0 aliphatic carbocycles. The molecule has 1 amide bonds. The summed E-state index contributed by atoms with van der Waals surface area (Å²) in [5.41, 5.74) is 1.51. The van der Waals surface area contributed by atoms with E-state index in [-0.39, 0.29) is 17.3 Å². The SMILES string of the molecule is CCn1c(CN(C)CC(=O)NC)nc2cc(S(=O)(=O)N(C)C)ccc21. The van der Waals surface area contributed by atoms with Gasteiger partial charge in [-0.25, -0.2) is 17.7 Å². The van der Waals surface area contributed by atoms with Gasteiger partial charge in [0.25, 0.3) is 0 Å². The highest BCUT2D eigenvalue weighted by Crippen LogP contribution is 2.22. The number of carbonyl (C=O) groups excluding carboxylic acids is 1. The zero-order valence-corrected chi connectivity index (χ0v) is 16.1. The van der Waals surface area contributed by atoms with Gasteiger partial charge in [-0.15, -0.1) is 0 Å². The Morgan fingerprint density at radius 2 is 1.96 bits per heavy atom. The molecule has 25 heavy (non-hydrogen) atoms. The number of aryl methyl sites for hydroxylation is 1. The molecule has 9 heteroatoms. The van der Waals surface area contributed by atoms with Gasteiger partial charge in [-0.05, 0) is 32.2 Å². The number of hydrogen-bond acceptors (Lipinski definition) is 5. The zero-order chi connectivity index (χ0) is 18.8. The fourth-order valence-electron chi connectivity index (χ4n) is 2.63. The third kappa shape index (κ3) is 4.00. The minimum absolute atomic E-state index is 0.0685. The summed E-state index contributed by atoms with van der Waals surface area (Å²) < 4.78 is 27.8. The molecule has 0 spiro atoms. The maximum atomic E-state index is 12.3. The average Bonchev–Trinajstić information content (AvgIpc) is 2.90. The Bertz CT molecular complexity index is 873. The average molecular weight is 367 g/mol. The van der Waals surface area contributed by atoms with Crippen LogP contribution in [0.3, 0.4) is 0 Å². The van der Waals surface area contributed by atoms with Crippen molar-refractivity contribution in [2.24, 2.45) is 0 Å². The normalized spacial score (nSPS) is 12.3. The number of imidazole rings is 1. The zero-order valence-electron chi connectivity index (χ0n) is 15.3. The molecule has 1 aromatic heterocycles. The summed E-state index contributed by atoms with van der Waals surface area (Å²) in [6.07, 6.45) is 0. The minimum atomic E-state index is -3.50. The second kappa shape index (κ2) is 7.51. The second-order valence-corrected chi connectivity index (χ2v) is 8.21. The van der Waals surface area contributed by atoms with Crippen molar-refractivity contribution in [3.8, 4) is 0 Å². The number of sulfonamides is 1. The lowest BCUT2D eigenvalue weighted by Gasteiger charge is -2.16. The Kier molecular flexibility index (Phi) is 5.81. The number of nitrogens with one attached hydrogen (secondary N) is 1. The monoisotopic (exact) mass is 367 g/mol. The molecule has 2 rings (SSSR count). The first-order chi connectivity index (χ1) is 11.7. The molecule has 0 radical (unpaired) electrons. The minimum Gasteiger partial charge on any atom is -0.358 e. The van der Waals surface area contributed by atoms with Gasteiger partial charge in [-0.1, -0.05) is 0 Å². The van der Waals surface area contributed by atoms with Gasteiger partial charge in [-0.2, -0.15) is 0 Å². The Hall–Kier alpha value is -1.97. The van der Waals surface area contributed by atoms with Crippen molar-refractivity contribution < 1.29 is 13.2 Å². The van der Waals surface area contributed by atoms with E-state index in [0.29, 0.717) is 18.6 Å². The van der Waals surface area contributed by atoms with Gasteiger partial charge in [0.05, 0.1) is 29.0 Å². The topological polar surface area (TPSA) is 87.5 Å². The van der Waals surface area contributed by atoms with E-state index in [4.69, 9.17) is 0 Å². The number of likely N-dealkylation sites (N-methyl/N-ethyl adjacent to an activating group) is 2. The van der Waals surface area contributed by atoms with E-state index >= 15 is 0 Å². The van der Waals surface area contributed by atoms with Crippen LogP contribution in [0.2, 0.25) is 0 Å². The maximum Gasteiger partial charge on any atom is 0.242 e. The molecule has 1 aromatic carbocycles. The molecule has 0 bridgehead atoms. The van der Waals surface area contributed by atoms with Gasteiger partial charge in [-0.3, -0.25) is 9.69 Å². The molecular weight excluding hydrogens is 342 g/mol. The molecule has 1 heterocycles. The van der Waals surface area contributed by atoms with Crippen LogP contribution in [-0.4, -0.2) is 67.8 Å². The van der Waals surface area contributed by atoms with Crippen molar-refractivity contribution in [1.82, 2.24) is 24.1 Å². The highest BCUT2D eigenvalue weighted by atomic mass is 32.2. The van der Waals surface area contributed by atoms with Gasteiger partial charge in [0.1, 0.15) is 5.82 Å². The Morgan fingerprint density at radius 1 is 1.28 bits per heavy atom. The van der Waals surface area contributed by atoms with Gasteiger partial charge in [0.15, 0.2) is 0 Å². The highest BCUT2D eigenvalue weighted by Gasteiger charge is 2.20. The smallest absolute Gasteiger partial charge is 0.242 e. The largest absolute Gasteiger partial charge is 0.358 e. The molecular formula is C16H25N5O3S. The summed E-state index contributed by atoms with van der Waals surface area (Å²) in [7, 11) is 2.95. The summed E-state index contributed by atoms with van der Waals surface area (Å²) in [6, 6.07) is 4.98. The van der Waals surface area contributed by atoms with Crippen molar-refractivity contribution in [3.05, 3.63) is 24.0 Å². The van der Waals surface area contributed by atoms with Crippen LogP contribution < -0.4 is 5.32 Å². The number of aromatic nitrogens is 2. The summed E-state index contributed by atoms with van der Waals surface area (Å²) in [6.45, 7) is 3.47. The van der Waals surface area contributed by atoms with E-state index < -0.39 is 10.0 Å². The van der Waals surface area contributed by atoms with Crippen LogP contribution in [0.25, 0.3) is 11.0 Å². The third-order valence-corrected chi connectivity index (χ3v) is 5.81. The molecule has 0 unspecified atom stereocenters. The number of carbonyl (C=O) groups is 1. The lowest BCUT2D eigenvalue weighted by atomic mass is 10.3. The number of rotatable bonds is 7. The van der Waals surface area contributed by atoms with Crippen molar-refractivity contribution in [3.63, 3.8) is 0 Å². The predicted octanol–water partition coefficient (Wildman–Crippen LogP) is 0.484. The van der Waals surface area contributed by atoms with Gasteiger partial charge < -0.3 is 9.88 Å². The first-order valence-electron chi connectivity index (χ1n) is 8.01. The van der Waals surface area contributed by atoms with Crippen molar-refractivity contribution >= 4 is 27.0 Å². The Morgan fingerprint density at radius 3 is 2.52 bits per heavy atom. The Labute approximate surface area is 148 Å². The summed E-state index contributed by atoms with van der Waals surface area (Å²) in [4.78, 5) is 18.2. The molecule has 138 valence electrons. The Balaban J connectivity index is 2.41. The summed E-state index contributed by atoms with van der Waals surface area (Å²) in [5.74, 6) is 0.726. The molecule has 0 saturated carbocycles. The third-order valence-electron chi connectivity index (χ3n) is 4.00.